The lowest BCUT2D eigenvalue weighted by Crippen LogP contribution is -2.32. The largest absolute Gasteiger partial charge is 0.493 e. The van der Waals surface area contributed by atoms with E-state index in [-0.39, 0.29) is 47.5 Å². The van der Waals surface area contributed by atoms with Crippen LogP contribution in [0.4, 0.5) is 5.69 Å². The monoisotopic (exact) mass is 493 g/mol. The molecule has 0 saturated carbocycles. The number of nitrogens with one attached hydrogen (secondary N) is 2. The molecule has 2 N–H and O–H groups in total. The summed E-state index contributed by atoms with van der Waals surface area (Å²) in [6, 6.07) is 8.43. The van der Waals surface area contributed by atoms with E-state index in [2.05, 4.69) is 10.0 Å². The Morgan fingerprint density at radius 3 is 2.59 bits per heavy atom. The van der Waals surface area contributed by atoms with Crippen LogP contribution in [0.25, 0.3) is 0 Å². The van der Waals surface area contributed by atoms with Crippen molar-refractivity contribution in [2.75, 3.05) is 33.9 Å². The van der Waals surface area contributed by atoms with Gasteiger partial charge < -0.3 is 19.5 Å². The molecule has 1 atom stereocenters. The molecule has 2 aromatic rings. The van der Waals surface area contributed by atoms with Gasteiger partial charge in [-0.05, 0) is 43.5 Å². The number of carbonyl (C=O) groups excluding carboxylic acids is 1. The van der Waals surface area contributed by atoms with Gasteiger partial charge in [0.2, 0.25) is 10.0 Å². The molecule has 0 radical (unpaired) electrons. The predicted octanol–water partition coefficient (Wildman–Crippen LogP) is 2.04. The number of nitro benzene ring substituents is 1. The fourth-order valence-electron chi connectivity index (χ4n) is 3.59. The summed E-state index contributed by atoms with van der Waals surface area (Å²) < 4.78 is 43.4. The van der Waals surface area contributed by atoms with Crippen molar-refractivity contribution >= 4 is 21.6 Å². The molecule has 3 rings (SSSR count). The topological polar surface area (TPSA) is 146 Å². The van der Waals surface area contributed by atoms with Crippen LogP contribution in [0.15, 0.2) is 41.3 Å². The zero-order valence-corrected chi connectivity index (χ0v) is 19.7. The van der Waals surface area contributed by atoms with Crippen molar-refractivity contribution in [3.63, 3.8) is 0 Å². The highest BCUT2D eigenvalue weighted by Gasteiger charge is 2.22. The second-order valence-corrected chi connectivity index (χ2v) is 9.38. The van der Waals surface area contributed by atoms with Crippen molar-refractivity contribution in [3.8, 4) is 11.5 Å². The van der Waals surface area contributed by atoms with Gasteiger partial charge in [0.15, 0.2) is 11.5 Å². The predicted molar refractivity (Wildman–Crippen MR) is 123 cm³/mol. The molecule has 1 aliphatic heterocycles. The van der Waals surface area contributed by atoms with Gasteiger partial charge in [-0.1, -0.05) is 6.07 Å². The van der Waals surface area contributed by atoms with Crippen LogP contribution in [0.3, 0.4) is 0 Å². The molecular formula is C22H27N3O8S. The SMILES string of the molecule is COc1cc(CCNC(=O)c2cccc(S(=O)(=O)NCC3CCCO3)c2)c([N+](=O)[O-])cc1OC. The van der Waals surface area contributed by atoms with Gasteiger partial charge in [-0.25, -0.2) is 13.1 Å². The molecule has 1 amide bonds. The van der Waals surface area contributed by atoms with Gasteiger partial charge in [-0.3, -0.25) is 14.9 Å². The fourth-order valence-corrected chi connectivity index (χ4v) is 4.70. The highest BCUT2D eigenvalue weighted by Crippen LogP contribution is 2.34. The van der Waals surface area contributed by atoms with E-state index in [1.165, 1.54) is 50.6 Å². The van der Waals surface area contributed by atoms with Gasteiger partial charge in [-0.15, -0.1) is 0 Å². The molecule has 2 aromatic carbocycles. The molecule has 1 saturated heterocycles. The Morgan fingerprint density at radius 2 is 1.94 bits per heavy atom. The van der Waals surface area contributed by atoms with Crippen LogP contribution in [-0.2, 0) is 21.2 Å². The zero-order valence-electron chi connectivity index (χ0n) is 18.9. The van der Waals surface area contributed by atoms with Crippen LogP contribution in [0, 0.1) is 10.1 Å². The summed E-state index contributed by atoms with van der Waals surface area (Å²) in [5.74, 6) is 0.0651. The summed E-state index contributed by atoms with van der Waals surface area (Å²) in [6.07, 6.45) is 1.70. The number of sulfonamides is 1. The molecule has 1 heterocycles. The summed E-state index contributed by atoms with van der Waals surface area (Å²) in [6.45, 7) is 0.876. The number of hydrogen-bond donors (Lipinski definition) is 2. The first-order valence-electron chi connectivity index (χ1n) is 10.6. The average Bonchev–Trinajstić information content (AvgIpc) is 3.36. The van der Waals surface area contributed by atoms with Gasteiger partial charge in [0, 0.05) is 30.8 Å². The normalized spacial score (nSPS) is 15.6. The van der Waals surface area contributed by atoms with E-state index in [4.69, 9.17) is 14.2 Å². The van der Waals surface area contributed by atoms with E-state index in [1.807, 2.05) is 0 Å². The minimum Gasteiger partial charge on any atom is -0.493 e. The van der Waals surface area contributed by atoms with Gasteiger partial charge in [-0.2, -0.15) is 0 Å². The van der Waals surface area contributed by atoms with Crippen LogP contribution in [0.2, 0.25) is 0 Å². The maximum atomic E-state index is 12.6. The summed E-state index contributed by atoms with van der Waals surface area (Å²) >= 11 is 0. The lowest BCUT2D eigenvalue weighted by molar-refractivity contribution is -0.385. The first-order chi connectivity index (χ1) is 16.2. The van der Waals surface area contributed by atoms with Crippen molar-refractivity contribution in [1.29, 1.82) is 0 Å². The number of methoxy groups -OCH3 is 2. The molecular weight excluding hydrogens is 466 g/mol. The van der Waals surface area contributed by atoms with Crippen molar-refractivity contribution in [1.82, 2.24) is 10.0 Å². The van der Waals surface area contributed by atoms with Crippen molar-refractivity contribution in [2.45, 2.75) is 30.3 Å². The third-order valence-corrected chi connectivity index (χ3v) is 6.81. The van der Waals surface area contributed by atoms with E-state index in [1.54, 1.807) is 0 Å². The maximum Gasteiger partial charge on any atom is 0.276 e. The lowest BCUT2D eigenvalue weighted by atomic mass is 10.1. The van der Waals surface area contributed by atoms with E-state index in [0.29, 0.717) is 17.9 Å². The minimum absolute atomic E-state index is 0.0336. The molecule has 34 heavy (non-hydrogen) atoms. The molecule has 11 nitrogen and oxygen atoms in total. The molecule has 184 valence electrons. The Labute approximate surface area is 197 Å². The number of benzene rings is 2. The van der Waals surface area contributed by atoms with E-state index >= 15 is 0 Å². The smallest absolute Gasteiger partial charge is 0.276 e. The fraction of sp³-hybridized carbons (Fsp3) is 0.409. The van der Waals surface area contributed by atoms with Crippen LogP contribution in [0.5, 0.6) is 11.5 Å². The Morgan fingerprint density at radius 1 is 1.21 bits per heavy atom. The Hall–Kier alpha value is -3.22. The molecule has 0 spiro atoms. The number of rotatable bonds is 11. The minimum atomic E-state index is -3.81. The van der Waals surface area contributed by atoms with E-state index < -0.39 is 20.9 Å². The Kier molecular flexibility index (Phi) is 8.42. The van der Waals surface area contributed by atoms with Crippen molar-refractivity contribution < 1.29 is 32.3 Å². The van der Waals surface area contributed by atoms with Gasteiger partial charge in [0.1, 0.15) is 0 Å². The second-order valence-electron chi connectivity index (χ2n) is 7.61. The van der Waals surface area contributed by atoms with Gasteiger partial charge >= 0.3 is 0 Å². The molecule has 0 bridgehead atoms. The number of ether oxygens (including phenoxy) is 3. The third kappa shape index (κ3) is 6.22. The highest BCUT2D eigenvalue weighted by atomic mass is 32.2. The molecule has 12 heteroatoms. The average molecular weight is 494 g/mol. The van der Waals surface area contributed by atoms with Crippen molar-refractivity contribution in [3.05, 3.63) is 57.6 Å². The summed E-state index contributed by atoms with van der Waals surface area (Å²) in [7, 11) is -1.00. The first-order valence-corrected chi connectivity index (χ1v) is 12.1. The zero-order chi connectivity index (χ0) is 24.7. The van der Waals surface area contributed by atoms with Crippen LogP contribution in [-0.4, -0.2) is 59.3 Å². The first kappa shape index (κ1) is 25.4. The number of nitrogens with zero attached hydrogens (tertiary/aromatic N) is 1. The highest BCUT2D eigenvalue weighted by molar-refractivity contribution is 7.89. The number of hydrogen-bond acceptors (Lipinski definition) is 8. The number of amides is 1. The number of nitro groups is 1. The maximum absolute atomic E-state index is 12.6. The standard InChI is InChI=1S/C22H27N3O8S/c1-31-20-12-15(19(25(27)28)13-21(20)32-2)8-9-23-22(26)16-5-3-7-18(11-16)34(29,30)24-14-17-6-4-10-33-17/h3,5,7,11-13,17,24H,4,6,8-10,14H2,1-2H3,(H,23,26). The molecule has 1 fully saturated rings. The van der Waals surface area contributed by atoms with E-state index in [9.17, 15) is 23.3 Å². The van der Waals surface area contributed by atoms with Crippen molar-refractivity contribution in [2.24, 2.45) is 0 Å². The third-order valence-electron chi connectivity index (χ3n) is 5.39. The molecule has 1 unspecified atom stereocenters. The molecule has 1 aliphatic rings. The lowest BCUT2D eigenvalue weighted by Gasteiger charge is -2.12. The second kappa shape index (κ2) is 11.3. The molecule has 0 aromatic heterocycles. The van der Waals surface area contributed by atoms with Crippen LogP contribution in [0.1, 0.15) is 28.8 Å². The van der Waals surface area contributed by atoms with Crippen LogP contribution >= 0.6 is 0 Å². The quantitative estimate of drug-likeness (QED) is 0.357. The number of carbonyl (C=O) groups is 1. The van der Waals surface area contributed by atoms with Gasteiger partial charge in [0.05, 0.1) is 36.2 Å². The summed E-state index contributed by atoms with van der Waals surface area (Å²) in [4.78, 5) is 23.5. The summed E-state index contributed by atoms with van der Waals surface area (Å²) in [5, 5.41) is 14.1. The van der Waals surface area contributed by atoms with Crippen LogP contribution < -0.4 is 19.5 Å². The van der Waals surface area contributed by atoms with E-state index in [0.717, 1.165) is 12.8 Å². The summed E-state index contributed by atoms with van der Waals surface area (Å²) in [5.41, 5.74) is 0.358. The molecule has 0 aliphatic carbocycles. The Balaban J connectivity index is 1.65. The van der Waals surface area contributed by atoms with Gasteiger partial charge in [0.25, 0.3) is 11.6 Å². The Bertz CT molecular complexity index is 1150.